The summed E-state index contributed by atoms with van der Waals surface area (Å²) in [7, 11) is 0. The molecule has 1 aliphatic heterocycles. The smallest absolute Gasteiger partial charge is 0.308 e. The van der Waals surface area contributed by atoms with E-state index < -0.39 is 35.6 Å². The van der Waals surface area contributed by atoms with Crippen LogP contribution in [0.1, 0.15) is 49.8 Å². The van der Waals surface area contributed by atoms with Crippen LogP contribution in [-0.2, 0) is 19.1 Å². The fraction of sp³-hybridized carbons (Fsp3) is 0.250. The molecule has 3 aromatic rings. The van der Waals surface area contributed by atoms with Gasteiger partial charge in [0.15, 0.2) is 0 Å². The first-order valence-electron chi connectivity index (χ1n) is 11.5. The molecule has 6 nitrogen and oxygen atoms in total. The number of esters is 2. The van der Waals surface area contributed by atoms with Crippen LogP contribution in [0.4, 0.5) is 14.5 Å². The Kier molecular flexibility index (Phi) is 7.43. The Labute approximate surface area is 207 Å². The third-order valence-electron chi connectivity index (χ3n) is 6.10. The molecule has 0 unspecified atom stereocenters. The molecule has 0 N–H and O–H groups in total. The van der Waals surface area contributed by atoms with Crippen molar-refractivity contribution >= 4 is 23.5 Å². The lowest BCUT2D eigenvalue weighted by Crippen LogP contribution is -2.59. The number of carbonyl (C=O) groups is 3. The van der Waals surface area contributed by atoms with E-state index in [9.17, 15) is 23.2 Å². The third-order valence-corrected chi connectivity index (χ3v) is 6.10. The molecule has 1 aliphatic rings. The van der Waals surface area contributed by atoms with Gasteiger partial charge in [-0.05, 0) is 72.5 Å². The van der Waals surface area contributed by atoms with Gasteiger partial charge in [0.1, 0.15) is 23.5 Å². The molecule has 0 aliphatic carbocycles. The van der Waals surface area contributed by atoms with Crippen LogP contribution in [-0.4, -0.2) is 23.9 Å². The normalized spacial score (nSPS) is 17.8. The van der Waals surface area contributed by atoms with Crippen molar-refractivity contribution in [3.63, 3.8) is 0 Å². The molecule has 0 radical (unpaired) electrons. The van der Waals surface area contributed by atoms with Crippen LogP contribution < -0.4 is 9.64 Å². The second-order valence-electron chi connectivity index (χ2n) is 8.62. The second kappa shape index (κ2) is 10.7. The Balaban J connectivity index is 1.60. The highest BCUT2D eigenvalue weighted by Crippen LogP contribution is 2.43. The lowest BCUT2D eigenvalue weighted by atomic mass is 9.78. The highest BCUT2D eigenvalue weighted by Gasteiger charge is 2.48. The van der Waals surface area contributed by atoms with Gasteiger partial charge in [0, 0.05) is 19.5 Å². The Hall–Kier alpha value is -4.07. The zero-order chi connectivity index (χ0) is 25.8. The Morgan fingerprint density at radius 2 is 1.44 bits per heavy atom. The minimum atomic E-state index is -0.624. The highest BCUT2D eigenvalue weighted by molar-refractivity contribution is 6.06. The van der Waals surface area contributed by atoms with Crippen molar-refractivity contribution in [3.05, 3.63) is 95.6 Å². The number of anilines is 1. The summed E-state index contributed by atoms with van der Waals surface area (Å²) in [5.41, 5.74) is 1.95. The predicted molar refractivity (Wildman–Crippen MR) is 128 cm³/mol. The van der Waals surface area contributed by atoms with Crippen molar-refractivity contribution in [2.75, 3.05) is 4.90 Å². The topological polar surface area (TPSA) is 72.9 Å². The van der Waals surface area contributed by atoms with Crippen molar-refractivity contribution in [2.45, 2.75) is 44.8 Å². The number of carbonyl (C=O) groups excluding carboxylic acids is 3. The summed E-state index contributed by atoms with van der Waals surface area (Å²) in [6.07, 6.45) is 0.207. The molecule has 1 saturated heterocycles. The predicted octanol–water partition coefficient (Wildman–Crippen LogP) is 5.47. The van der Waals surface area contributed by atoms with Gasteiger partial charge in [0.2, 0.25) is 5.91 Å². The van der Waals surface area contributed by atoms with Gasteiger partial charge in [-0.15, -0.1) is 0 Å². The van der Waals surface area contributed by atoms with Crippen LogP contribution >= 0.6 is 0 Å². The fourth-order valence-electron chi connectivity index (χ4n) is 4.53. The molecule has 0 spiro atoms. The number of hydrogen-bond acceptors (Lipinski definition) is 5. The molecular weight excluding hydrogens is 468 g/mol. The van der Waals surface area contributed by atoms with Gasteiger partial charge in [-0.2, -0.15) is 0 Å². The van der Waals surface area contributed by atoms with Crippen LogP contribution in [0, 0.1) is 11.6 Å². The van der Waals surface area contributed by atoms with E-state index in [2.05, 4.69) is 0 Å². The molecule has 1 fully saturated rings. The summed E-state index contributed by atoms with van der Waals surface area (Å²) in [4.78, 5) is 37.9. The summed E-state index contributed by atoms with van der Waals surface area (Å²) in [6.45, 7) is 2.61. The molecule has 0 aromatic heterocycles. The first-order chi connectivity index (χ1) is 17.2. The van der Waals surface area contributed by atoms with Crippen molar-refractivity contribution < 1.29 is 32.6 Å². The van der Waals surface area contributed by atoms with Gasteiger partial charge in [-0.1, -0.05) is 24.3 Å². The molecule has 1 amide bonds. The summed E-state index contributed by atoms with van der Waals surface area (Å²) in [5.74, 6) is -2.00. The van der Waals surface area contributed by atoms with Gasteiger partial charge >= 0.3 is 11.9 Å². The lowest BCUT2D eigenvalue weighted by molar-refractivity contribution is -0.147. The second-order valence-corrected chi connectivity index (χ2v) is 8.62. The van der Waals surface area contributed by atoms with E-state index >= 15 is 0 Å². The van der Waals surface area contributed by atoms with Gasteiger partial charge in [0.05, 0.1) is 12.0 Å². The van der Waals surface area contributed by atoms with E-state index in [1.54, 1.807) is 53.4 Å². The quantitative estimate of drug-likeness (QED) is 0.236. The Bertz CT molecular complexity index is 1240. The molecule has 8 heteroatoms. The molecule has 3 atom stereocenters. The standard InChI is InChI=1S/C28H25F2NO5/c1-17(32)35-24-13-5-20(6-14-24)27-25(31(28(27)34)23-11-9-22(30)10-12-23)15-16-26(36-18(2)33)19-3-7-21(29)8-4-19/h3-14,25-27H,15-16H2,1-2H3/t25-,26-,27+/m0/s1. The van der Waals surface area contributed by atoms with Crippen LogP contribution in [0.2, 0.25) is 0 Å². The summed E-state index contributed by atoms with van der Waals surface area (Å²) >= 11 is 0. The number of ether oxygens (including phenoxy) is 2. The number of amides is 1. The van der Waals surface area contributed by atoms with E-state index in [4.69, 9.17) is 9.47 Å². The zero-order valence-electron chi connectivity index (χ0n) is 19.8. The Morgan fingerprint density at radius 3 is 2.00 bits per heavy atom. The Morgan fingerprint density at radius 1 is 0.861 bits per heavy atom. The number of benzene rings is 3. The molecule has 0 bridgehead atoms. The zero-order valence-corrected chi connectivity index (χ0v) is 19.8. The fourth-order valence-corrected chi connectivity index (χ4v) is 4.53. The molecule has 3 aromatic carbocycles. The van der Waals surface area contributed by atoms with E-state index in [0.717, 1.165) is 5.56 Å². The first-order valence-corrected chi connectivity index (χ1v) is 11.5. The summed E-state index contributed by atoms with van der Waals surface area (Å²) < 4.78 is 37.5. The number of nitrogens with zero attached hydrogens (tertiary/aromatic N) is 1. The van der Waals surface area contributed by atoms with Crippen LogP contribution in [0.25, 0.3) is 0 Å². The average Bonchev–Trinajstić information content (AvgIpc) is 2.83. The summed E-state index contributed by atoms with van der Waals surface area (Å²) in [6, 6.07) is 17.8. The maximum atomic E-state index is 13.5. The maximum absolute atomic E-state index is 13.5. The number of halogens is 2. The number of hydrogen-bond donors (Lipinski definition) is 0. The minimum Gasteiger partial charge on any atom is -0.458 e. The van der Waals surface area contributed by atoms with Crippen LogP contribution in [0.15, 0.2) is 72.8 Å². The number of rotatable bonds is 8. The molecule has 1 heterocycles. The molecule has 4 rings (SSSR count). The van der Waals surface area contributed by atoms with Gasteiger partial charge in [0.25, 0.3) is 0 Å². The SMILES string of the molecule is CC(=O)Oc1ccc([C@H]2C(=O)N(c3ccc(F)cc3)[C@H]2CC[C@H](OC(C)=O)c2ccc(F)cc2)cc1. The van der Waals surface area contributed by atoms with Crippen LogP contribution in [0.3, 0.4) is 0 Å². The van der Waals surface area contributed by atoms with E-state index in [-0.39, 0.29) is 11.9 Å². The summed E-state index contributed by atoms with van der Waals surface area (Å²) in [5, 5.41) is 0. The lowest BCUT2D eigenvalue weighted by Gasteiger charge is -2.48. The van der Waals surface area contributed by atoms with Crippen molar-refractivity contribution in [2.24, 2.45) is 0 Å². The molecular formula is C28H25F2NO5. The molecule has 186 valence electrons. The molecule has 0 saturated carbocycles. The molecule has 36 heavy (non-hydrogen) atoms. The minimum absolute atomic E-state index is 0.155. The van der Waals surface area contributed by atoms with Crippen LogP contribution in [0.5, 0.6) is 5.75 Å². The average molecular weight is 494 g/mol. The highest BCUT2D eigenvalue weighted by atomic mass is 19.1. The largest absolute Gasteiger partial charge is 0.458 e. The maximum Gasteiger partial charge on any atom is 0.308 e. The monoisotopic (exact) mass is 493 g/mol. The van der Waals surface area contributed by atoms with Gasteiger partial charge < -0.3 is 14.4 Å². The van der Waals surface area contributed by atoms with E-state index in [0.29, 0.717) is 29.8 Å². The number of β-lactam (4-membered cyclic amide) rings is 1. The third kappa shape index (κ3) is 5.59. The van der Waals surface area contributed by atoms with Crippen molar-refractivity contribution in [1.82, 2.24) is 0 Å². The van der Waals surface area contributed by atoms with E-state index in [1.807, 2.05) is 0 Å². The van der Waals surface area contributed by atoms with Gasteiger partial charge in [-0.25, -0.2) is 8.78 Å². The first kappa shape index (κ1) is 25.0. The van der Waals surface area contributed by atoms with Crippen molar-refractivity contribution in [3.8, 4) is 5.75 Å². The van der Waals surface area contributed by atoms with Gasteiger partial charge in [-0.3, -0.25) is 14.4 Å². The van der Waals surface area contributed by atoms with E-state index in [1.165, 1.54) is 38.1 Å². The van der Waals surface area contributed by atoms with Crippen molar-refractivity contribution in [1.29, 1.82) is 0 Å².